The fourth-order valence-electron chi connectivity index (χ4n) is 2.15. The molecular weight excluding hydrogens is 162 g/mol. The zero-order chi connectivity index (χ0) is 10.3. The van der Waals surface area contributed by atoms with Crippen LogP contribution in [-0.4, -0.2) is 24.8 Å². The van der Waals surface area contributed by atoms with E-state index in [2.05, 4.69) is 26.2 Å². The molecule has 1 aliphatic carbocycles. The van der Waals surface area contributed by atoms with E-state index in [1.54, 1.807) is 6.92 Å². The van der Waals surface area contributed by atoms with Gasteiger partial charge >= 0.3 is 0 Å². The highest BCUT2D eigenvalue weighted by molar-refractivity contribution is 4.83. The van der Waals surface area contributed by atoms with Crippen molar-refractivity contribution in [3.05, 3.63) is 0 Å². The summed E-state index contributed by atoms with van der Waals surface area (Å²) >= 11 is 0. The van der Waals surface area contributed by atoms with E-state index >= 15 is 0 Å². The van der Waals surface area contributed by atoms with Crippen molar-refractivity contribution in [1.82, 2.24) is 5.32 Å². The largest absolute Gasteiger partial charge is 0.397 e. The van der Waals surface area contributed by atoms with Gasteiger partial charge in [-0.05, 0) is 38.6 Å². The first kappa shape index (κ1) is 12.9. The molecule has 1 aliphatic rings. The molecule has 13 heavy (non-hydrogen) atoms. The van der Waals surface area contributed by atoms with Crippen LogP contribution < -0.4 is 5.32 Å². The van der Waals surface area contributed by atoms with Gasteiger partial charge in [0, 0.05) is 12.6 Å². The van der Waals surface area contributed by atoms with Gasteiger partial charge in [-0.3, -0.25) is 0 Å². The predicted octanol–water partition coefficient (Wildman–Crippen LogP) is 2.03. The summed E-state index contributed by atoms with van der Waals surface area (Å²) in [7, 11) is 2.09. The Hall–Kier alpha value is -0.0800. The molecule has 1 rings (SSSR count). The number of rotatable bonds is 2. The first-order chi connectivity index (χ1) is 6.17. The second-order valence-corrected chi connectivity index (χ2v) is 4.05. The van der Waals surface area contributed by atoms with Gasteiger partial charge in [-0.1, -0.05) is 20.3 Å². The van der Waals surface area contributed by atoms with Crippen molar-refractivity contribution in [3.8, 4) is 0 Å². The van der Waals surface area contributed by atoms with Crippen molar-refractivity contribution in [2.45, 2.75) is 46.1 Å². The number of hydrogen-bond acceptors (Lipinski definition) is 2. The monoisotopic (exact) mass is 187 g/mol. The number of nitrogens with one attached hydrogen (secondary N) is 1. The van der Waals surface area contributed by atoms with Crippen molar-refractivity contribution >= 4 is 0 Å². The third-order valence-electron chi connectivity index (χ3n) is 2.80. The van der Waals surface area contributed by atoms with Gasteiger partial charge in [0.25, 0.3) is 0 Å². The van der Waals surface area contributed by atoms with Crippen LogP contribution in [0.3, 0.4) is 0 Å². The molecule has 2 N–H and O–H groups in total. The maximum absolute atomic E-state index is 7.57. The van der Waals surface area contributed by atoms with Gasteiger partial charge in [0.2, 0.25) is 0 Å². The van der Waals surface area contributed by atoms with Crippen molar-refractivity contribution in [2.24, 2.45) is 11.8 Å². The molecule has 2 nitrogen and oxygen atoms in total. The molecule has 0 aromatic rings. The van der Waals surface area contributed by atoms with Gasteiger partial charge in [0.15, 0.2) is 0 Å². The van der Waals surface area contributed by atoms with Crippen molar-refractivity contribution < 1.29 is 5.11 Å². The van der Waals surface area contributed by atoms with Gasteiger partial charge in [-0.15, -0.1) is 0 Å². The molecular formula is C11H25NO. The SMILES string of the molecule is CCO.CNC1CCCC1C(C)C. The van der Waals surface area contributed by atoms with E-state index in [1.807, 2.05) is 0 Å². The Morgan fingerprint density at radius 1 is 1.38 bits per heavy atom. The molecule has 0 amide bonds. The number of aliphatic hydroxyl groups excluding tert-OH is 1. The smallest absolute Gasteiger partial charge is 0.0402 e. The normalized spacial score (nSPS) is 27.2. The summed E-state index contributed by atoms with van der Waals surface area (Å²) in [4.78, 5) is 0. The Balaban J connectivity index is 0.000000424. The third kappa shape index (κ3) is 4.63. The van der Waals surface area contributed by atoms with Gasteiger partial charge < -0.3 is 10.4 Å². The van der Waals surface area contributed by atoms with E-state index in [0.29, 0.717) is 0 Å². The standard InChI is InChI=1S/C9H19N.C2H6O/c1-7(2)8-5-4-6-9(8)10-3;1-2-3/h7-10H,4-6H2,1-3H3;3H,2H2,1H3. The Morgan fingerprint density at radius 3 is 2.23 bits per heavy atom. The van der Waals surface area contributed by atoms with E-state index in [-0.39, 0.29) is 6.61 Å². The first-order valence-corrected chi connectivity index (χ1v) is 5.45. The Kier molecular flexibility index (Phi) is 7.29. The van der Waals surface area contributed by atoms with Crippen LogP contribution in [0.2, 0.25) is 0 Å². The Labute approximate surface area is 82.7 Å². The zero-order valence-electron chi connectivity index (χ0n) is 9.51. The highest BCUT2D eigenvalue weighted by atomic mass is 16.2. The van der Waals surface area contributed by atoms with Crippen LogP contribution in [0.5, 0.6) is 0 Å². The van der Waals surface area contributed by atoms with Crippen LogP contribution >= 0.6 is 0 Å². The maximum Gasteiger partial charge on any atom is 0.0402 e. The second-order valence-electron chi connectivity index (χ2n) is 4.05. The fourth-order valence-corrected chi connectivity index (χ4v) is 2.15. The fraction of sp³-hybridized carbons (Fsp3) is 1.00. The number of aliphatic hydroxyl groups is 1. The summed E-state index contributed by atoms with van der Waals surface area (Å²) in [5.74, 6) is 1.80. The lowest BCUT2D eigenvalue weighted by Gasteiger charge is -2.22. The maximum atomic E-state index is 7.57. The number of hydrogen-bond donors (Lipinski definition) is 2. The van der Waals surface area contributed by atoms with Crippen LogP contribution in [0.4, 0.5) is 0 Å². The molecule has 0 radical (unpaired) electrons. The molecule has 0 saturated heterocycles. The van der Waals surface area contributed by atoms with E-state index in [4.69, 9.17) is 5.11 Å². The van der Waals surface area contributed by atoms with Gasteiger partial charge in [-0.25, -0.2) is 0 Å². The molecule has 0 bridgehead atoms. The van der Waals surface area contributed by atoms with Crippen LogP contribution in [0.15, 0.2) is 0 Å². The molecule has 0 aliphatic heterocycles. The van der Waals surface area contributed by atoms with Crippen molar-refractivity contribution in [1.29, 1.82) is 0 Å². The van der Waals surface area contributed by atoms with Crippen LogP contribution in [-0.2, 0) is 0 Å². The highest BCUT2D eigenvalue weighted by Gasteiger charge is 2.27. The molecule has 80 valence electrons. The minimum absolute atomic E-state index is 0.250. The molecule has 1 saturated carbocycles. The molecule has 2 unspecified atom stereocenters. The van der Waals surface area contributed by atoms with E-state index in [0.717, 1.165) is 17.9 Å². The summed E-state index contributed by atoms with van der Waals surface area (Å²) in [6, 6.07) is 0.806. The summed E-state index contributed by atoms with van der Waals surface area (Å²) < 4.78 is 0. The van der Waals surface area contributed by atoms with E-state index in [1.165, 1.54) is 19.3 Å². The lowest BCUT2D eigenvalue weighted by Crippen LogP contribution is -2.31. The highest BCUT2D eigenvalue weighted by Crippen LogP contribution is 2.30. The van der Waals surface area contributed by atoms with Crippen molar-refractivity contribution in [2.75, 3.05) is 13.7 Å². The molecule has 0 spiro atoms. The lowest BCUT2D eigenvalue weighted by molar-refractivity contribution is 0.318. The summed E-state index contributed by atoms with van der Waals surface area (Å²) in [6.45, 7) is 6.60. The van der Waals surface area contributed by atoms with Crippen LogP contribution in [0.1, 0.15) is 40.0 Å². The van der Waals surface area contributed by atoms with Crippen molar-refractivity contribution in [3.63, 3.8) is 0 Å². The van der Waals surface area contributed by atoms with E-state index in [9.17, 15) is 0 Å². The quantitative estimate of drug-likeness (QED) is 0.693. The van der Waals surface area contributed by atoms with Gasteiger partial charge in [-0.2, -0.15) is 0 Å². The minimum atomic E-state index is 0.250. The predicted molar refractivity (Wildman–Crippen MR) is 57.8 cm³/mol. The third-order valence-corrected chi connectivity index (χ3v) is 2.80. The summed E-state index contributed by atoms with van der Waals surface area (Å²) in [5, 5.41) is 11.0. The Morgan fingerprint density at radius 2 is 1.92 bits per heavy atom. The molecule has 2 atom stereocenters. The molecule has 0 aromatic heterocycles. The molecule has 2 heteroatoms. The Bertz CT molecular complexity index is 115. The zero-order valence-corrected chi connectivity index (χ0v) is 9.51. The average Bonchev–Trinajstić information content (AvgIpc) is 2.52. The van der Waals surface area contributed by atoms with Gasteiger partial charge in [0.1, 0.15) is 0 Å². The average molecular weight is 187 g/mol. The first-order valence-electron chi connectivity index (χ1n) is 5.45. The van der Waals surface area contributed by atoms with Gasteiger partial charge in [0.05, 0.1) is 0 Å². The van der Waals surface area contributed by atoms with Crippen LogP contribution in [0.25, 0.3) is 0 Å². The van der Waals surface area contributed by atoms with E-state index < -0.39 is 0 Å². The second kappa shape index (κ2) is 7.34. The molecule has 0 heterocycles. The van der Waals surface area contributed by atoms with Crippen LogP contribution in [0, 0.1) is 11.8 Å². The summed E-state index contributed by atoms with van der Waals surface area (Å²) in [5.41, 5.74) is 0. The molecule has 1 fully saturated rings. The topological polar surface area (TPSA) is 32.3 Å². The lowest BCUT2D eigenvalue weighted by atomic mass is 9.91. The minimum Gasteiger partial charge on any atom is -0.397 e. The molecule has 0 aromatic carbocycles. The summed E-state index contributed by atoms with van der Waals surface area (Å²) in [6.07, 6.45) is 4.25.